The molecule has 0 aliphatic rings. The van der Waals surface area contributed by atoms with Crippen LogP contribution in [0.15, 0.2) is 12.3 Å². The molecular formula is C9H12ClFN2O2. The van der Waals surface area contributed by atoms with Crippen LogP contribution in [0.4, 0.5) is 4.39 Å². The van der Waals surface area contributed by atoms with Gasteiger partial charge in [-0.05, 0) is 19.0 Å². The average molecular weight is 235 g/mol. The second kappa shape index (κ2) is 5.37. The Kier molecular flexibility index (Phi) is 4.41. The van der Waals surface area contributed by atoms with Crippen molar-refractivity contribution in [1.82, 2.24) is 4.98 Å². The van der Waals surface area contributed by atoms with E-state index in [1.165, 1.54) is 6.07 Å². The molecule has 15 heavy (non-hydrogen) atoms. The molecule has 0 spiro atoms. The SMILES string of the molecule is NCCC(O)C(O)c1cc(Cl)cnc1F. The molecule has 84 valence electrons. The summed E-state index contributed by atoms with van der Waals surface area (Å²) in [6.45, 7) is 0.202. The maximum atomic E-state index is 13.1. The van der Waals surface area contributed by atoms with Gasteiger partial charge in [-0.1, -0.05) is 11.6 Å². The van der Waals surface area contributed by atoms with Gasteiger partial charge in [-0.15, -0.1) is 0 Å². The van der Waals surface area contributed by atoms with E-state index in [0.29, 0.717) is 0 Å². The van der Waals surface area contributed by atoms with E-state index in [4.69, 9.17) is 17.3 Å². The number of aliphatic hydroxyl groups is 2. The Hall–Kier alpha value is -0.750. The van der Waals surface area contributed by atoms with Crippen LogP contribution in [0.2, 0.25) is 5.02 Å². The summed E-state index contributed by atoms with van der Waals surface area (Å²) in [4.78, 5) is 3.34. The Balaban J connectivity index is 2.89. The predicted octanol–water partition coefficient (Wildman–Crippen LogP) is 0.617. The molecule has 1 heterocycles. The van der Waals surface area contributed by atoms with Gasteiger partial charge in [0.1, 0.15) is 6.10 Å². The first-order valence-electron chi connectivity index (χ1n) is 4.43. The summed E-state index contributed by atoms with van der Waals surface area (Å²) >= 11 is 5.60. The van der Waals surface area contributed by atoms with Crippen molar-refractivity contribution in [2.45, 2.75) is 18.6 Å². The molecule has 0 radical (unpaired) electrons. The lowest BCUT2D eigenvalue weighted by atomic mass is 10.0. The minimum atomic E-state index is -1.36. The Morgan fingerprint density at radius 2 is 2.20 bits per heavy atom. The molecule has 0 aromatic carbocycles. The first-order valence-corrected chi connectivity index (χ1v) is 4.81. The largest absolute Gasteiger partial charge is 0.390 e. The van der Waals surface area contributed by atoms with E-state index >= 15 is 0 Å². The summed E-state index contributed by atoms with van der Waals surface area (Å²) in [6, 6.07) is 1.23. The number of halogens is 2. The topological polar surface area (TPSA) is 79.4 Å². The highest BCUT2D eigenvalue weighted by atomic mass is 35.5. The van der Waals surface area contributed by atoms with Crippen LogP contribution < -0.4 is 5.73 Å². The molecular weight excluding hydrogens is 223 g/mol. The normalized spacial score (nSPS) is 15.0. The molecule has 2 atom stereocenters. The lowest BCUT2D eigenvalue weighted by molar-refractivity contribution is 0.0125. The molecule has 4 N–H and O–H groups in total. The molecule has 1 rings (SSSR count). The van der Waals surface area contributed by atoms with Crippen LogP contribution >= 0.6 is 11.6 Å². The van der Waals surface area contributed by atoms with Crippen LogP contribution in [-0.4, -0.2) is 27.8 Å². The maximum absolute atomic E-state index is 13.1. The lowest BCUT2D eigenvalue weighted by Gasteiger charge is -2.17. The van der Waals surface area contributed by atoms with Gasteiger partial charge in [-0.3, -0.25) is 0 Å². The fraction of sp³-hybridized carbons (Fsp3) is 0.444. The average Bonchev–Trinajstić information content (AvgIpc) is 2.21. The molecule has 1 aromatic rings. The van der Waals surface area contributed by atoms with Crippen LogP contribution in [0, 0.1) is 5.95 Å². The van der Waals surface area contributed by atoms with Crippen LogP contribution in [0.25, 0.3) is 0 Å². The van der Waals surface area contributed by atoms with E-state index in [2.05, 4.69) is 4.98 Å². The molecule has 0 bridgehead atoms. The highest BCUT2D eigenvalue weighted by Gasteiger charge is 2.21. The summed E-state index contributed by atoms with van der Waals surface area (Å²) in [5.74, 6) is -0.844. The Bertz CT molecular complexity index is 338. The van der Waals surface area contributed by atoms with Gasteiger partial charge in [-0.25, -0.2) is 4.98 Å². The summed E-state index contributed by atoms with van der Waals surface area (Å²) in [5, 5.41) is 19.2. The minimum Gasteiger partial charge on any atom is -0.390 e. The number of nitrogens with zero attached hydrogens (tertiary/aromatic N) is 1. The molecule has 0 fully saturated rings. The molecule has 4 nitrogen and oxygen atoms in total. The van der Waals surface area contributed by atoms with E-state index in [-0.39, 0.29) is 23.6 Å². The van der Waals surface area contributed by atoms with E-state index in [0.717, 1.165) is 6.20 Å². The number of aromatic nitrogens is 1. The monoisotopic (exact) mass is 234 g/mol. The molecule has 6 heteroatoms. The number of rotatable bonds is 4. The fourth-order valence-electron chi connectivity index (χ4n) is 1.18. The van der Waals surface area contributed by atoms with Crippen molar-refractivity contribution in [3.8, 4) is 0 Å². The smallest absolute Gasteiger partial charge is 0.218 e. The number of pyridine rings is 1. The second-order valence-electron chi connectivity index (χ2n) is 3.12. The van der Waals surface area contributed by atoms with Crippen molar-refractivity contribution in [3.05, 3.63) is 28.8 Å². The zero-order valence-corrected chi connectivity index (χ0v) is 8.65. The highest BCUT2D eigenvalue weighted by Crippen LogP contribution is 2.23. The van der Waals surface area contributed by atoms with Crippen molar-refractivity contribution >= 4 is 11.6 Å². The van der Waals surface area contributed by atoms with E-state index in [1.807, 2.05) is 0 Å². The molecule has 0 amide bonds. The molecule has 0 saturated heterocycles. The van der Waals surface area contributed by atoms with Gasteiger partial charge >= 0.3 is 0 Å². The summed E-state index contributed by atoms with van der Waals surface area (Å²) < 4.78 is 13.1. The van der Waals surface area contributed by atoms with Gasteiger partial charge in [0.15, 0.2) is 0 Å². The van der Waals surface area contributed by atoms with Crippen molar-refractivity contribution in [1.29, 1.82) is 0 Å². The maximum Gasteiger partial charge on any atom is 0.218 e. The molecule has 2 unspecified atom stereocenters. The van der Waals surface area contributed by atoms with Crippen molar-refractivity contribution in [3.63, 3.8) is 0 Å². The number of aliphatic hydroxyl groups excluding tert-OH is 2. The quantitative estimate of drug-likeness (QED) is 0.668. The molecule has 1 aromatic heterocycles. The Morgan fingerprint density at radius 1 is 1.53 bits per heavy atom. The van der Waals surface area contributed by atoms with Gasteiger partial charge < -0.3 is 15.9 Å². The number of hydrogen-bond donors (Lipinski definition) is 3. The Morgan fingerprint density at radius 3 is 2.80 bits per heavy atom. The Labute approximate surface area is 91.5 Å². The molecule has 0 saturated carbocycles. The van der Waals surface area contributed by atoms with Crippen molar-refractivity contribution in [2.24, 2.45) is 5.73 Å². The van der Waals surface area contributed by atoms with Gasteiger partial charge in [0.25, 0.3) is 0 Å². The highest BCUT2D eigenvalue weighted by molar-refractivity contribution is 6.30. The van der Waals surface area contributed by atoms with Gasteiger partial charge in [0, 0.05) is 11.8 Å². The zero-order chi connectivity index (χ0) is 11.4. The van der Waals surface area contributed by atoms with Gasteiger partial charge in [0.2, 0.25) is 5.95 Å². The summed E-state index contributed by atoms with van der Waals surface area (Å²) in [6.07, 6.45) is -1.18. The second-order valence-corrected chi connectivity index (χ2v) is 3.56. The third kappa shape index (κ3) is 3.10. The first-order chi connectivity index (χ1) is 7.06. The van der Waals surface area contributed by atoms with Crippen molar-refractivity contribution < 1.29 is 14.6 Å². The number of nitrogens with two attached hydrogens (primary N) is 1. The lowest BCUT2D eigenvalue weighted by Crippen LogP contribution is -2.22. The minimum absolute atomic E-state index is 0.122. The third-order valence-electron chi connectivity index (χ3n) is 1.98. The van der Waals surface area contributed by atoms with Crippen LogP contribution in [0.5, 0.6) is 0 Å². The van der Waals surface area contributed by atoms with Crippen LogP contribution in [0.3, 0.4) is 0 Å². The molecule has 0 aliphatic carbocycles. The summed E-state index contributed by atoms with van der Waals surface area (Å²) in [5.41, 5.74) is 5.08. The molecule has 0 aliphatic heterocycles. The van der Waals surface area contributed by atoms with Crippen LogP contribution in [0.1, 0.15) is 18.1 Å². The standard InChI is InChI=1S/C9H12ClFN2O2/c10-5-3-6(9(11)13-4-5)8(15)7(14)1-2-12/h3-4,7-8,14-15H,1-2,12H2. The zero-order valence-electron chi connectivity index (χ0n) is 7.90. The first kappa shape index (κ1) is 12.3. The van der Waals surface area contributed by atoms with Crippen LogP contribution in [-0.2, 0) is 0 Å². The van der Waals surface area contributed by atoms with E-state index in [1.54, 1.807) is 0 Å². The third-order valence-corrected chi connectivity index (χ3v) is 2.19. The summed E-state index contributed by atoms with van der Waals surface area (Å²) in [7, 11) is 0. The van der Waals surface area contributed by atoms with E-state index < -0.39 is 18.2 Å². The van der Waals surface area contributed by atoms with Gasteiger partial charge in [0.05, 0.1) is 11.1 Å². The fourth-order valence-corrected chi connectivity index (χ4v) is 1.35. The van der Waals surface area contributed by atoms with Crippen molar-refractivity contribution in [2.75, 3.05) is 6.54 Å². The predicted molar refractivity (Wildman–Crippen MR) is 53.8 cm³/mol. The van der Waals surface area contributed by atoms with E-state index in [9.17, 15) is 14.6 Å². The van der Waals surface area contributed by atoms with Gasteiger partial charge in [-0.2, -0.15) is 4.39 Å². The number of hydrogen-bond acceptors (Lipinski definition) is 4.